The minimum atomic E-state index is 0.370. The lowest BCUT2D eigenvalue weighted by Gasteiger charge is -2.03. The van der Waals surface area contributed by atoms with E-state index in [0.29, 0.717) is 6.61 Å². The van der Waals surface area contributed by atoms with Crippen LogP contribution in [0.3, 0.4) is 0 Å². The molecular formula is C17H37NO. The summed E-state index contributed by atoms with van der Waals surface area (Å²) in [6.45, 7) is 1.55. The molecule has 0 heterocycles. The normalized spacial score (nSPS) is 11.1. The highest BCUT2D eigenvalue weighted by atomic mass is 16.2. The molecule has 0 aromatic carbocycles. The molecule has 0 amide bonds. The van der Waals surface area contributed by atoms with Gasteiger partial charge in [-0.15, -0.1) is 0 Å². The average molecular weight is 271 g/mol. The Morgan fingerprint density at radius 2 is 0.842 bits per heavy atom. The molecule has 0 aliphatic heterocycles. The Hall–Kier alpha value is -0.0800. The van der Waals surface area contributed by atoms with Gasteiger partial charge in [0.05, 0.1) is 0 Å². The molecule has 2 N–H and O–H groups in total. The van der Waals surface area contributed by atoms with E-state index in [4.69, 9.17) is 5.11 Å². The monoisotopic (exact) mass is 271 g/mol. The number of unbranched alkanes of at least 4 members (excludes halogenated alkanes) is 13. The fourth-order valence-corrected chi connectivity index (χ4v) is 2.53. The second-order valence-electron chi connectivity index (χ2n) is 5.78. The van der Waals surface area contributed by atoms with E-state index in [1.807, 2.05) is 7.05 Å². The summed E-state index contributed by atoms with van der Waals surface area (Å²) in [6, 6.07) is 0. The van der Waals surface area contributed by atoms with Gasteiger partial charge in [-0.25, -0.2) is 0 Å². The van der Waals surface area contributed by atoms with Gasteiger partial charge in [0.15, 0.2) is 0 Å². The first-order chi connectivity index (χ1) is 9.41. The van der Waals surface area contributed by atoms with E-state index in [1.54, 1.807) is 0 Å². The van der Waals surface area contributed by atoms with Crippen molar-refractivity contribution in [1.29, 1.82) is 0 Å². The van der Waals surface area contributed by atoms with E-state index in [0.717, 1.165) is 6.42 Å². The summed E-state index contributed by atoms with van der Waals surface area (Å²) in [7, 11) is 2.03. The highest BCUT2D eigenvalue weighted by molar-refractivity contribution is 4.50. The minimum Gasteiger partial charge on any atom is -0.396 e. The largest absolute Gasteiger partial charge is 0.396 e. The Kier molecular flexibility index (Phi) is 17.8. The van der Waals surface area contributed by atoms with Crippen LogP contribution in [0.5, 0.6) is 0 Å². The van der Waals surface area contributed by atoms with Gasteiger partial charge in [0.1, 0.15) is 0 Å². The van der Waals surface area contributed by atoms with E-state index >= 15 is 0 Å². The lowest BCUT2D eigenvalue weighted by Crippen LogP contribution is -2.06. The summed E-state index contributed by atoms with van der Waals surface area (Å²) in [5.74, 6) is 0. The highest BCUT2D eigenvalue weighted by Gasteiger charge is 1.94. The zero-order valence-corrected chi connectivity index (χ0v) is 13.3. The predicted octanol–water partition coefficient (Wildman–Crippen LogP) is 4.66. The standard InChI is InChI=1S/C17H37NO/c1-18-16-14-12-10-8-6-4-2-3-5-7-9-11-13-15-17-19/h18-19H,2-17H2,1H3. The molecule has 0 rings (SSSR count). The number of hydrogen-bond acceptors (Lipinski definition) is 2. The molecule has 0 atom stereocenters. The fourth-order valence-electron chi connectivity index (χ4n) is 2.53. The van der Waals surface area contributed by atoms with E-state index in [2.05, 4.69) is 5.32 Å². The average Bonchev–Trinajstić information content (AvgIpc) is 2.43. The number of rotatable bonds is 16. The molecule has 0 radical (unpaired) electrons. The van der Waals surface area contributed by atoms with Crippen molar-refractivity contribution < 1.29 is 5.11 Å². The molecule has 0 saturated carbocycles. The smallest absolute Gasteiger partial charge is 0.0431 e. The van der Waals surface area contributed by atoms with Gasteiger partial charge in [-0.3, -0.25) is 0 Å². The molecule has 0 unspecified atom stereocenters. The molecule has 0 bridgehead atoms. The number of aliphatic hydroxyl groups excluding tert-OH is 1. The van der Waals surface area contributed by atoms with E-state index < -0.39 is 0 Å². The quantitative estimate of drug-likeness (QED) is 0.400. The lowest BCUT2D eigenvalue weighted by molar-refractivity contribution is 0.282. The van der Waals surface area contributed by atoms with Gasteiger partial charge >= 0.3 is 0 Å². The molecule has 0 aliphatic rings. The fraction of sp³-hybridized carbons (Fsp3) is 1.00. The second-order valence-corrected chi connectivity index (χ2v) is 5.78. The van der Waals surface area contributed by atoms with Crippen LogP contribution in [0.15, 0.2) is 0 Å². The third-order valence-electron chi connectivity index (χ3n) is 3.83. The first-order valence-electron chi connectivity index (χ1n) is 8.67. The van der Waals surface area contributed by atoms with Crippen LogP contribution in [-0.2, 0) is 0 Å². The molecular weight excluding hydrogens is 234 g/mol. The molecule has 2 heteroatoms. The van der Waals surface area contributed by atoms with E-state index in [9.17, 15) is 0 Å². The summed E-state index contributed by atoms with van der Waals surface area (Å²) in [5, 5.41) is 11.9. The van der Waals surface area contributed by atoms with Crippen LogP contribution in [-0.4, -0.2) is 25.3 Å². The van der Waals surface area contributed by atoms with Crippen molar-refractivity contribution in [3.05, 3.63) is 0 Å². The van der Waals surface area contributed by atoms with Crippen LogP contribution in [0.1, 0.15) is 89.9 Å². The molecule has 0 spiro atoms. The summed E-state index contributed by atoms with van der Waals surface area (Å²) >= 11 is 0. The van der Waals surface area contributed by atoms with Crippen LogP contribution in [0.25, 0.3) is 0 Å². The van der Waals surface area contributed by atoms with Crippen LogP contribution >= 0.6 is 0 Å². The van der Waals surface area contributed by atoms with Crippen LogP contribution in [0.4, 0.5) is 0 Å². The molecule has 116 valence electrons. The second kappa shape index (κ2) is 17.9. The van der Waals surface area contributed by atoms with Gasteiger partial charge in [-0.2, -0.15) is 0 Å². The van der Waals surface area contributed by atoms with Gasteiger partial charge in [-0.1, -0.05) is 77.0 Å². The van der Waals surface area contributed by atoms with E-state index in [1.165, 1.54) is 90.0 Å². The SMILES string of the molecule is CNCCCCCCCCCCCCCCCCO. The third kappa shape index (κ3) is 17.9. The molecule has 0 aromatic rings. The van der Waals surface area contributed by atoms with Crippen molar-refractivity contribution in [3.63, 3.8) is 0 Å². The van der Waals surface area contributed by atoms with Crippen molar-refractivity contribution >= 4 is 0 Å². The van der Waals surface area contributed by atoms with Crippen molar-refractivity contribution in [1.82, 2.24) is 5.32 Å². The minimum absolute atomic E-state index is 0.370. The molecule has 0 saturated heterocycles. The molecule has 0 aromatic heterocycles. The maximum Gasteiger partial charge on any atom is 0.0431 e. The van der Waals surface area contributed by atoms with Gasteiger partial charge in [0.25, 0.3) is 0 Å². The number of nitrogens with one attached hydrogen (secondary N) is 1. The summed E-state index contributed by atoms with van der Waals surface area (Å²) in [5.41, 5.74) is 0. The maximum absolute atomic E-state index is 8.67. The van der Waals surface area contributed by atoms with Gasteiger partial charge < -0.3 is 10.4 Å². The van der Waals surface area contributed by atoms with Crippen molar-refractivity contribution in [2.75, 3.05) is 20.2 Å². The van der Waals surface area contributed by atoms with Crippen LogP contribution in [0.2, 0.25) is 0 Å². The van der Waals surface area contributed by atoms with Gasteiger partial charge in [-0.05, 0) is 26.4 Å². The topological polar surface area (TPSA) is 32.3 Å². The lowest BCUT2D eigenvalue weighted by atomic mass is 10.0. The van der Waals surface area contributed by atoms with Crippen molar-refractivity contribution in [3.8, 4) is 0 Å². The van der Waals surface area contributed by atoms with Crippen LogP contribution in [0, 0.1) is 0 Å². The number of hydrogen-bond donors (Lipinski definition) is 2. The highest BCUT2D eigenvalue weighted by Crippen LogP contribution is 2.12. The van der Waals surface area contributed by atoms with Gasteiger partial charge in [0, 0.05) is 6.61 Å². The maximum atomic E-state index is 8.67. The Morgan fingerprint density at radius 3 is 1.16 bits per heavy atom. The van der Waals surface area contributed by atoms with Gasteiger partial charge in [0.2, 0.25) is 0 Å². The Bertz CT molecular complexity index is 134. The van der Waals surface area contributed by atoms with Crippen molar-refractivity contribution in [2.24, 2.45) is 0 Å². The third-order valence-corrected chi connectivity index (χ3v) is 3.83. The Labute approximate surface area is 121 Å². The van der Waals surface area contributed by atoms with E-state index in [-0.39, 0.29) is 0 Å². The first-order valence-corrected chi connectivity index (χ1v) is 8.67. The van der Waals surface area contributed by atoms with Crippen molar-refractivity contribution in [2.45, 2.75) is 89.9 Å². The number of aliphatic hydroxyl groups is 1. The molecule has 0 aliphatic carbocycles. The van der Waals surface area contributed by atoms with Crippen LogP contribution < -0.4 is 5.32 Å². The summed E-state index contributed by atoms with van der Waals surface area (Å²) < 4.78 is 0. The molecule has 0 fully saturated rings. The first kappa shape index (κ1) is 18.9. The summed E-state index contributed by atoms with van der Waals surface area (Å²) in [6.07, 6.45) is 19.0. The zero-order valence-electron chi connectivity index (χ0n) is 13.3. The predicted molar refractivity (Wildman–Crippen MR) is 85.7 cm³/mol. The zero-order chi connectivity index (χ0) is 14.0. The Morgan fingerprint density at radius 1 is 0.526 bits per heavy atom. The molecule has 19 heavy (non-hydrogen) atoms. The Balaban J connectivity index is 2.88. The molecule has 2 nitrogen and oxygen atoms in total. The summed E-state index contributed by atoms with van der Waals surface area (Å²) in [4.78, 5) is 0.